The van der Waals surface area contributed by atoms with Crippen LogP contribution in [0.5, 0.6) is 0 Å². The number of H-pyrrole nitrogens is 1. The Morgan fingerprint density at radius 3 is 2.47 bits per heavy atom. The quantitative estimate of drug-likeness (QED) is 0.909. The van der Waals surface area contributed by atoms with Crippen LogP contribution in [0.2, 0.25) is 0 Å². The summed E-state index contributed by atoms with van der Waals surface area (Å²) in [5.41, 5.74) is 1.53. The molecule has 2 rings (SSSR count). The molecule has 102 valence electrons. The summed E-state index contributed by atoms with van der Waals surface area (Å²) in [6, 6.07) is 9.55. The smallest absolute Gasteiger partial charge is 0.246 e. The van der Waals surface area contributed by atoms with Crippen molar-refractivity contribution in [3.8, 4) is 0 Å². The van der Waals surface area contributed by atoms with Crippen molar-refractivity contribution in [1.82, 2.24) is 14.5 Å². The Morgan fingerprint density at radius 2 is 1.95 bits per heavy atom. The van der Waals surface area contributed by atoms with Crippen LogP contribution in [-0.2, 0) is 16.6 Å². The Hall–Kier alpha value is -1.66. The molecule has 0 saturated heterocycles. The molecule has 1 N–H and O–H groups in total. The second-order valence-electron chi connectivity index (χ2n) is 4.28. The van der Waals surface area contributed by atoms with E-state index < -0.39 is 10.0 Å². The van der Waals surface area contributed by atoms with E-state index in [9.17, 15) is 8.42 Å². The molecular weight excluding hydrogens is 262 g/mol. The Kier molecular flexibility index (Phi) is 4.01. The van der Waals surface area contributed by atoms with Gasteiger partial charge >= 0.3 is 0 Å². The number of benzene rings is 1. The summed E-state index contributed by atoms with van der Waals surface area (Å²) in [5.74, 6) is 0. The number of aromatic nitrogens is 2. The normalized spacial score (nSPS) is 11.9. The molecule has 1 heterocycles. The summed E-state index contributed by atoms with van der Waals surface area (Å²) < 4.78 is 26.5. The van der Waals surface area contributed by atoms with Gasteiger partial charge in [0, 0.05) is 13.1 Å². The fraction of sp³-hybridized carbons (Fsp3) is 0.308. The molecule has 0 spiro atoms. The monoisotopic (exact) mass is 279 g/mol. The molecule has 0 saturated carbocycles. The van der Waals surface area contributed by atoms with Gasteiger partial charge in [0.25, 0.3) is 0 Å². The van der Waals surface area contributed by atoms with Gasteiger partial charge in [0.05, 0.1) is 11.9 Å². The predicted octanol–water partition coefficient (Wildman–Crippen LogP) is 1.93. The fourth-order valence-corrected chi connectivity index (χ4v) is 3.45. The molecule has 19 heavy (non-hydrogen) atoms. The Labute approximate surface area is 113 Å². The molecule has 6 heteroatoms. The van der Waals surface area contributed by atoms with E-state index in [0.717, 1.165) is 5.56 Å². The molecular formula is C13H17N3O2S. The van der Waals surface area contributed by atoms with Crippen molar-refractivity contribution in [2.45, 2.75) is 25.3 Å². The zero-order chi connectivity index (χ0) is 13.9. The highest BCUT2D eigenvalue weighted by molar-refractivity contribution is 7.89. The zero-order valence-electron chi connectivity index (χ0n) is 11.0. The number of rotatable bonds is 5. The van der Waals surface area contributed by atoms with E-state index in [1.165, 1.54) is 10.5 Å². The standard InChI is InChI=1S/C13H17N3O2S/c1-3-16(10-12-7-5-4-6-8-12)19(17,18)13-9-14-15-11(13)2/h4-9H,3,10H2,1-2H3,(H,14,15). The third-order valence-corrected chi connectivity index (χ3v) is 4.99. The topological polar surface area (TPSA) is 66.1 Å². The summed E-state index contributed by atoms with van der Waals surface area (Å²) in [5, 5.41) is 6.44. The van der Waals surface area contributed by atoms with Crippen LogP contribution in [-0.4, -0.2) is 29.5 Å². The van der Waals surface area contributed by atoms with Gasteiger partial charge in [-0.15, -0.1) is 0 Å². The largest absolute Gasteiger partial charge is 0.281 e. The van der Waals surface area contributed by atoms with E-state index in [0.29, 0.717) is 18.8 Å². The van der Waals surface area contributed by atoms with Gasteiger partial charge in [-0.3, -0.25) is 5.10 Å². The third-order valence-electron chi connectivity index (χ3n) is 2.96. The predicted molar refractivity (Wildman–Crippen MR) is 73.0 cm³/mol. The molecule has 0 fully saturated rings. The first kappa shape index (κ1) is 13.8. The van der Waals surface area contributed by atoms with Crippen LogP contribution < -0.4 is 0 Å². The maximum atomic E-state index is 12.5. The van der Waals surface area contributed by atoms with Gasteiger partial charge in [-0.1, -0.05) is 37.3 Å². The van der Waals surface area contributed by atoms with Gasteiger partial charge < -0.3 is 0 Å². The number of hydrogen-bond donors (Lipinski definition) is 1. The fourth-order valence-electron chi connectivity index (χ4n) is 1.89. The Bertz CT molecular complexity index is 635. The minimum Gasteiger partial charge on any atom is -0.281 e. The highest BCUT2D eigenvalue weighted by atomic mass is 32.2. The van der Waals surface area contributed by atoms with E-state index in [2.05, 4.69) is 10.2 Å². The van der Waals surface area contributed by atoms with Gasteiger partial charge in [-0.05, 0) is 12.5 Å². The first-order valence-electron chi connectivity index (χ1n) is 6.09. The number of aromatic amines is 1. The highest BCUT2D eigenvalue weighted by Crippen LogP contribution is 2.19. The average Bonchev–Trinajstić information content (AvgIpc) is 2.84. The molecule has 0 atom stereocenters. The van der Waals surface area contributed by atoms with E-state index in [1.54, 1.807) is 6.92 Å². The average molecular weight is 279 g/mol. The van der Waals surface area contributed by atoms with Crippen LogP contribution in [0.25, 0.3) is 0 Å². The number of aryl methyl sites for hydroxylation is 1. The van der Waals surface area contributed by atoms with E-state index in [1.807, 2.05) is 37.3 Å². The third kappa shape index (κ3) is 2.85. The van der Waals surface area contributed by atoms with Crippen LogP contribution in [0, 0.1) is 6.92 Å². The molecule has 0 aliphatic rings. The van der Waals surface area contributed by atoms with Crippen molar-refractivity contribution in [1.29, 1.82) is 0 Å². The van der Waals surface area contributed by atoms with Crippen molar-refractivity contribution in [2.24, 2.45) is 0 Å². The molecule has 1 aromatic heterocycles. The van der Waals surface area contributed by atoms with Crippen LogP contribution in [0.3, 0.4) is 0 Å². The van der Waals surface area contributed by atoms with Crippen LogP contribution in [0.1, 0.15) is 18.2 Å². The van der Waals surface area contributed by atoms with Gasteiger partial charge in [-0.2, -0.15) is 9.40 Å². The molecule has 0 amide bonds. The van der Waals surface area contributed by atoms with E-state index >= 15 is 0 Å². The summed E-state index contributed by atoms with van der Waals surface area (Å²) in [4.78, 5) is 0.241. The molecule has 0 bridgehead atoms. The maximum Gasteiger partial charge on any atom is 0.246 e. The molecule has 0 unspecified atom stereocenters. The lowest BCUT2D eigenvalue weighted by atomic mass is 10.2. The summed E-state index contributed by atoms with van der Waals surface area (Å²) in [6.45, 7) is 4.32. The second-order valence-corrected chi connectivity index (χ2v) is 6.18. The number of nitrogens with zero attached hydrogens (tertiary/aromatic N) is 2. The lowest BCUT2D eigenvalue weighted by Gasteiger charge is -2.20. The first-order chi connectivity index (χ1) is 9.05. The van der Waals surface area contributed by atoms with Crippen molar-refractivity contribution >= 4 is 10.0 Å². The molecule has 0 radical (unpaired) electrons. The van der Waals surface area contributed by atoms with Crippen molar-refractivity contribution in [3.63, 3.8) is 0 Å². The summed E-state index contributed by atoms with van der Waals surface area (Å²) >= 11 is 0. The zero-order valence-corrected chi connectivity index (χ0v) is 11.8. The number of hydrogen-bond acceptors (Lipinski definition) is 3. The molecule has 0 aliphatic carbocycles. The maximum absolute atomic E-state index is 12.5. The number of nitrogens with one attached hydrogen (secondary N) is 1. The van der Waals surface area contributed by atoms with Gasteiger partial charge in [0.2, 0.25) is 10.0 Å². The Morgan fingerprint density at radius 1 is 1.26 bits per heavy atom. The molecule has 2 aromatic rings. The molecule has 0 aliphatic heterocycles. The minimum atomic E-state index is -3.50. The van der Waals surface area contributed by atoms with Crippen LogP contribution in [0.15, 0.2) is 41.4 Å². The van der Waals surface area contributed by atoms with Crippen LogP contribution in [0.4, 0.5) is 0 Å². The van der Waals surface area contributed by atoms with Crippen molar-refractivity contribution in [2.75, 3.05) is 6.54 Å². The van der Waals surface area contributed by atoms with Gasteiger partial charge in [-0.25, -0.2) is 8.42 Å². The van der Waals surface area contributed by atoms with E-state index in [-0.39, 0.29) is 4.90 Å². The second kappa shape index (κ2) is 5.54. The van der Waals surface area contributed by atoms with Gasteiger partial charge in [0.1, 0.15) is 4.90 Å². The summed E-state index contributed by atoms with van der Waals surface area (Å²) in [7, 11) is -3.50. The lowest BCUT2D eigenvalue weighted by molar-refractivity contribution is 0.423. The minimum absolute atomic E-state index is 0.241. The highest BCUT2D eigenvalue weighted by Gasteiger charge is 2.26. The lowest BCUT2D eigenvalue weighted by Crippen LogP contribution is -2.30. The van der Waals surface area contributed by atoms with Crippen molar-refractivity contribution < 1.29 is 8.42 Å². The summed E-state index contributed by atoms with van der Waals surface area (Å²) in [6.07, 6.45) is 1.36. The van der Waals surface area contributed by atoms with Crippen molar-refractivity contribution in [3.05, 3.63) is 47.8 Å². The molecule has 5 nitrogen and oxygen atoms in total. The first-order valence-corrected chi connectivity index (χ1v) is 7.53. The number of sulfonamides is 1. The Balaban J connectivity index is 2.30. The van der Waals surface area contributed by atoms with Gasteiger partial charge in [0.15, 0.2) is 0 Å². The SMILES string of the molecule is CCN(Cc1ccccc1)S(=O)(=O)c1cn[nH]c1C. The van der Waals surface area contributed by atoms with Crippen LogP contribution >= 0.6 is 0 Å². The van der Waals surface area contributed by atoms with E-state index in [4.69, 9.17) is 0 Å². The molecule has 1 aromatic carbocycles.